The molecule has 22 heavy (non-hydrogen) atoms. The smallest absolute Gasteiger partial charge is 0.334 e. The molecule has 0 N–H and O–H groups in total. The maximum Gasteiger partial charge on any atom is 0.334 e. The van der Waals surface area contributed by atoms with Gasteiger partial charge in [0.2, 0.25) is 0 Å². The number of rotatable bonds is 3. The van der Waals surface area contributed by atoms with Crippen molar-refractivity contribution < 1.29 is 28.6 Å². The highest BCUT2D eigenvalue weighted by atomic mass is 16.6. The number of hydrogen-bond acceptors (Lipinski definition) is 6. The molecule has 6 heteroatoms. The van der Waals surface area contributed by atoms with Crippen LogP contribution in [0.3, 0.4) is 0 Å². The van der Waals surface area contributed by atoms with E-state index in [9.17, 15) is 14.4 Å². The first-order valence-electron chi connectivity index (χ1n) is 7.47. The van der Waals surface area contributed by atoms with Gasteiger partial charge in [0.25, 0.3) is 0 Å². The number of carbonyl (C=O) groups excluding carboxylic acids is 3. The second-order valence-corrected chi connectivity index (χ2v) is 6.63. The molecular formula is C16H20O6. The summed E-state index contributed by atoms with van der Waals surface area (Å²) in [5.41, 5.74) is 0.269. The Balaban J connectivity index is 1.83. The molecule has 1 heterocycles. The molecule has 120 valence electrons. The van der Waals surface area contributed by atoms with Crippen LogP contribution in [-0.4, -0.2) is 37.2 Å². The lowest BCUT2D eigenvalue weighted by Gasteiger charge is -2.30. The van der Waals surface area contributed by atoms with Crippen molar-refractivity contribution in [1.29, 1.82) is 0 Å². The van der Waals surface area contributed by atoms with Gasteiger partial charge in [-0.25, -0.2) is 4.79 Å². The normalized spacial score (nSPS) is 37.7. The number of fused-ring (bicyclic) bond motifs is 1. The minimum absolute atomic E-state index is 0.0329. The summed E-state index contributed by atoms with van der Waals surface area (Å²) < 4.78 is 15.8. The summed E-state index contributed by atoms with van der Waals surface area (Å²) in [4.78, 5) is 36.4. The van der Waals surface area contributed by atoms with Crippen LogP contribution in [0.25, 0.3) is 0 Å². The van der Waals surface area contributed by atoms with Gasteiger partial charge in [0.05, 0.1) is 7.11 Å². The predicted molar refractivity (Wildman–Crippen MR) is 74.5 cm³/mol. The highest BCUT2D eigenvalue weighted by Crippen LogP contribution is 2.62. The van der Waals surface area contributed by atoms with Gasteiger partial charge in [-0.05, 0) is 33.6 Å². The fourth-order valence-corrected chi connectivity index (χ4v) is 4.03. The summed E-state index contributed by atoms with van der Waals surface area (Å²) in [6.07, 6.45) is -0.00157. The minimum Gasteiger partial charge on any atom is -0.468 e. The van der Waals surface area contributed by atoms with E-state index in [2.05, 4.69) is 0 Å². The summed E-state index contributed by atoms with van der Waals surface area (Å²) in [6.45, 7) is 5.40. The van der Waals surface area contributed by atoms with Gasteiger partial charge in [0.1, 0.15) is 12.2 Å². The Bertz CT molecular complexity index is 587. The average molecular weight is 308 g/mol. The zero-order valence-electron chi connectivity index (χ0n) is 13.2. The topological polar surface area (TPSA) is 78.9 Å². The van der Waals surface area contributed by atoms with Gasteiger partial charge in [-0.2, -0.15) is 0 Å². The molecule has 3 aliphatic rings. The van der Waals surface area contributed by atoms with Crippen molar-refractivity contribution in [2.45, 2.75) is 45.8 Å². The van der Waals surface area contributed by atoms with E-state index in [-0.39, 0.29) is 17.8 Å². The van der Waals surface area contributed by atoms with E-state index in [1.165, 1.54) is 7.11 Å². The van der Waals surface area contributed by atoms with Crippen LogP contribution >= 0.6 is 0 Å². The number of carbonyl (C=O) groups is 3. The SMILES string of the molecule is COC(=O)C12CC3CC1C(OC2=O)C3OC(=O)C(C)=C(C)C. The number of allylic oxidation sites excluding steroid dienone is 1. The predicted octanol–water partition coefficient (Wildman–Crippen LogP) is 1.38. The van der Waals surface area contributed by atoms with Crippen LogP contribution in [0.4, 0.5) is 0 Å². The zero-order valence-corrected chi connectivity index (χ0v) is 13.2. The van der Waals surface area contributed by atoms with Crippen LogP contribution < -0.4 is 0 Å². The molecule has 3 rings (SSSR count). The van der Waals surface area contributed by atoms with Crippen molar-refractivity contribution in [3.63, 3.8) is 0 Å². The van der Waals surface area contributed by atoms with Gasteiger partial charge < -0.3 is 14.2 Å². The summed E-state index contributed by atoms with van der Waals surface area (Å²) in [5, 5.41) is 0. The van der Waals surface area contributed by atoms with Gasteiger partial charge in [-0.1, -0.05) is 5.57 Å². The third-order valence-electron chi connectivity index (χ3n) is 5.42. The Hall–Kier alpha value is -1.85. The summed E-state index contributed by atoms with van der Waals surface area (Å²) >= 11 is 0. The Kier molecular flexibility index (Phi) is 3.30. The molecular weight excluding hydrogens is 288 g/mol. The first-order valence-corrected chi connectivity index (χ1v) is 7.47. The quantitative estimate of drug-likeness (QED) is 0.339. The fourth-order valence-electron chi connectivity index (χ4n) is 4.03. The van der Waals surface area contributed by atoms with Crippen molar-refractivity contribution in [2.24, 2.45) is 17.3 Å². The average Bonchev–Trinajstić information content (AvgIpc) is 3.07. The van der Waals surface area contributed by atoms with Gasteiger partial charge in [-0.15, -0.1) is 0 Å². The Morgan fingerprint density at radius 3 is 2.55 bits per heavy atom. The van der Waals surface area contributed by atoms with Crippen molar-refractivity contribution >= 4 is 17.9 Å². The first-order chi connectivity index (χ1) is 10.3. The molecule has 0 amide bonds. The van der Waals surface area contributed by atoms with Crippen LogP contribution in [0.1, 0.15) is 33.6 Å². The van der Waals surface area contributed by atoms with E-state index < -0.39 is 29.6 Å². The highest BCUT2D eigenvalue weighted by molar-refractivity contribution is 6.03. The summed E-state index contributed by atoms with van der Waals surface area (Å²) in [6, 6.07) is 0. The lowest BCUT2D eigenvalue weighted by molar-refractivity contribution is -0.163. The monoisotopic (exact) mass is 308 g/mol. The molecule has 2 bridgehead atoms. The van der Waals surface area contributed by atoms with Gasteiger partial charge in [-0.3, -0.25) is 9.59 Å². The largest absolute Gasteiger partial charge is 0.468 e. The fraction of sp³-hybridized carbons (Fsp3) is 0.688. The third kappa shape index (κ3) is 1.76. The van der Waals surface area contributed by atoms with Crippen molar-refractivity contribution in [3.05, 3.63) is 11.1 Å². The molecule has 2 saturated carbocycles. The number of ether oxygens (including phenoxy) is 3. The molecule has 6 nitrogen and oxygen atoms in total. The van der Waals surface area contributed by atoms with Crippen LogP contribution in [0, 0.1) is 17.3 Å². The summed E-state index contributed by atoms with van der Waals surface area (Å²) in [5.74, 6) is -1.73. The Morgan fingerprint density at radius 2 is 1.95 bits per heavy atom. The number of methoxy groups -OCH3 is 1. The van der Waals surface area contributed by atoms with Crippen molar-refractivity contribution in [2.75, 3.05) is 7.11 Å². The van der Waals surface area contributed by atoms with Crippen LogP contribution in [0.2, 0.25) is 0 Å². The molecule has 1 aliphatic heterocycles. The highest BCUT2D eigenvalue weighted by Gasteiger charge is 2.75. The van der Waals surface area contributed by atoms with Gasteiger partial charge >= 0.3 is 17.9 Å². The van der Waals surface area contributed by atoms with Crippen LogP contribution in [0.5, 0.6) is 0 Å². The maximum atomic E-state index is 12.2. The van der Waals surface area contributed by atoms with Gasteiger partial charge in [0.15, 0.2) is 5.41 Å². The second kappa shape index (κ2) is 4.83. The van der Waals surface area contributed by atoms with E-state index >= 15 is 0 Å². The lowest BCUT2D eigenvalue weighted by atomic mass is 9.73. The Morgan fingerprint density at radius 1 is 1.27 bits per heavy atom. The molecule has 0 aromatic heterocycles. The zero-order chi connectivity index (χ0) is 16.2. The number of esters is 3. The first kappa shape index (κ1) is 15.1. The van der Waals surface area contributed by atoms with E-state index in [0.29, 0.717) is 18.4 Å². The molecule has 0 spiro atoms. The molecule has 1 saturated heterocycles. The van der Waals surface area contributed by atoms with E-state index in [1.54, 1.807) is 6.92 Å². The standard InChI is InChI=1S/C16H20O6/c1-7(2)8(3)13(17)21-11-9-5-10-12(11)22-15(19)16(10,6-9)14(18)20-4/h9-12H,5-6H2,1-4H3. The van der Waals surface area contributed by atoms with E-state index in [0.717, 1.165) is 5.57 Å². The van der Waals surface area contributed by atoms with Crippen LogP contribution in [-0.2, 0) is 28.6 Å². The third-order valence-corrected chi connectivity index (χ3v) is 5.42. The Labute approximate surface area is 128 Å². The molecule has 3 fully saturated rings. The lowest BCUT2D eigenvalue weighted by Crippen LogP contribution is -2.45. The van der Waals surface area contributed by atoms with Crippen LogP contribution in [0.15, 0.2) is 11.1 Å². The molecule has 0 radical (unpaired) electrons. The number of hydrogen-bond donors (Lipinski definition) is 0. The van der Waals surface area contributed by atoms with E-state index in [4.69, 9.17) is 14.2 Å². The molecule has 2 aliphatic carbocycles. The second-order valence-electron chi connectivity index (χ2n) is 6.63. The molecule has 5 unspecified atom stereocenters. The van der Waals surface area contributed by atoms with Crippen molar-refractivity contribution in [1.82, 2.24) is 0 Å². The minimum atomic E-state index is -1.18. The maximum absolute atomic E-state index is 12.2. The van der Waals surface area contributed by atoms with E-state index in [1.807, 2.05) is 13.8 Å². The van der Waals surface area contributed by atoms with Gasteiger partial charge in [0, 0.05) is 17.4 Å². The van der Waals surface area contributed by atoms with Crippen molar-refractivity contribution in [3.8, 4) is 0 Å². The molecule has 5 atom stereocenters. The summed E-state index contributed by atoms with van der Waals surface area (Å²) in [7, 11) is 1.28. The molecule has 0 aromatic carbocycles. The molecule has 0 aromatic rings.